The van der Waals surface area contributed by atoms with E-state index in [1.54, 1.807) is 13.1 Å². The van der Waals surface area contributed by atoms with Crippen molar-refractivity contribution in [1.82, 2.24) is 9.88 Å². The molecule has 0 aliphatic rings. The largest absolute Gasteiger partial charge is 0.476 e. The fraction of sp³-hybridized carbons (Fsp3) is 0.286. The van der Waals surface area contributed by atoms with Crippen molar-refractivity contribution in [3.05, 3.63) is 52.1 Å². The Morgan fingerprint density at radius 1 is 1.45 bits per heavy atom. The van der Waals surface area contributed by atoms with Crippen LogP contribution in [0.4, 0.5) is 5.82 Å². The number of pyridine rings is 1. The summed E-state index contributed by atoms with van der Waals surface area (Å²) in [7, 11) is 1.60. The molecule has 22 heavy (non-hydrogen) atoms. The van der Waals surface area contributed by atoms with Gasteiger partial charge in [0.15, 0.2) is 6.61 Å². The average Bonchev–Trinajstić information content (AvgIpc) is 2.90. The maximum atomic E-state index is 12.0. The van der Waals surface area contributed by atoms with Crippen LogP contribution >= 0.6 is 0 Å². The van der Waals surface area contributed by atoms with Crippen molar-refractivity contribution in [3.63, 3.8) is 0 Å². The van der Waals surface area contributed by atoms with Crippen LogP contribution in [0.1, 0.15) is 11.5 Å². The first kappa shape index (κ1) is 15.5. The Hall–Kier alpha value is -2.90. The number of aromatic nitrogens is 1. The van der Waals surface area contributed by atoms with Crippen molar-refractivity contribution in [2.24, 2.45) is 0 Å². The Labute approximate surface area is 126 Å². The van der Waals surface area contributed by atoms with E-state index in [4.69, 9.17) is 9.15 Å². The molecule has 0 aliphatic carbocycles. The Bertz CT molecular complexity index is 683. The predicted octanol–water partition coefficient (Wildman–Crippen LogP) is 1.93. The Morgan fingerprint density at radius 2 is 2.23 bits per heavy atom. The first-order valence-corrected chi connectivity index (χ1v) is 6.49. The fourth-order valence-electron chi connectivity index (χ4n) is 1.77. The summed E-state index contributed by atoms with van der Waals surface area (Å²) in [6.07, 6.45) is 1.29. The van der Waals surface area contributed by atoms with Crippen LogP contribution in [0.2, 0.25) is 0 Å². The normalized spacial score (nSPS) is 10.3. The van der Waals surface area contributed by atoms with Crippen molar-refractivity contribution in [1.29, 1.82) is 0 Å². The van der Waals surface area contributed by atoms with Crippen LogP contribution in [0.3, 0.4) is 0 Å². The minimum absolute atomic E-state index is 0.0388. The maximum Gasteiger partial charge on any atom is 0.406 e. The summed E-state index contributed by atoms with van der Waals surface area (Å²) < 4.78 is 10.6. The second kappa shape index (κ2) is 6.70. The van der Waals surface area contributed by atoms with Crippen LogP contribution in [0, 0.1) is 17.0 Å². The number of nitrogens with zero attached hydrogens (tertiary/aromatic N) is 3. The van der Waals surface area contributed by atoms with Gasteiger partial charge in [-0.3, -0.25) is 4.79 Å². The number of furan rings is 1. The lowest BCUT2D eigenvalue weighted by molar-refractivity contribution is -0.390. The Kier molecular flexibility index (Phi) is 4.72. The van der Waals surface area contributed by atoms with Gasteiger partial charge < -0.3 is 24.2 Å². The molecule has 0 saturated heterocycles. The standard InChI is InChI=1S/C14H15N3O5/c1-10-5-6-11(22-10)8-16(2)13(18)9-21-12-4-3-7-15-14(12)17(19)20/h3-7H,8-9H2,1-2H3. The lowest BCUT2D eigenvalue weighted by atomic mass is 10.4. The van der Waals surface area contributed by atoms with Gasteiger partial charge in [-0.2, -0.15) is 0 Å². The zero-order valence-electron chi connectivity index (χ0n) is 12.2. The molecular weight excluding hydrogens is 290 g/mol. The van der Waals surface area contributed by atoms with Crippen molar-refractivity contribution < 1.29 is 18.9 Å². The van der Waals surface area contributed by atoms with Gasteiger partial charge in [0.25, 0.3) is 5.91 Å². The van der Waals surface area contributed by atoms with E-state index in [2.05, 4.69) is 4.98 Å². The van der Waals surface area contributed by atoms with Crippen LogP contribution in [0.15, 0.2) is 34.9 Å². The zero-order valence-corrected chi connectivity index (χ0v) is 12.2. The van der Waals surface area contributed by atoms with Gasteiger partial charge in [0.2, 0.25) is 5.75 Å². The molecule has 0 aliphatic heterocycles. The molecule has 0 bridgehead atoms. The summed E-state index contributed by atoms with van der Waals surface area (Å²) in [5.74, 6) is 0.633. The molecule has 0 aromatic carbocycles. The summed E-state index contributed by atoms with van der Waals surface area (Å²) >= 11 is 0. The van der Waals surface area contributed by atoms with Crippen molar-refractivity contribution >= 4 is 11.7 Å². The lowest BCUT2D eigenvalue weighted by Gasteiger charge is -2.15. The van der Waals surface area contributed by atoms with Gasteiger partial charge in [-0.1, -0.05) is 0 Å². The molecule has 0 radical (unpaired) electrons. The number of hydrogen-bond donors (Lipinski definition) is 0. The van der Waals surface area contributed by atoms with E-state index in [-0.39, 0.29) is 18.3 Å². The highest BCUT2D eigenvalue weighted by Crippen LogP contribution is 2.22. The van der Waals surface area contributed by atoms with Crippen LogP contribution in [-0.2, 0) is 11.3 Å². The molecule has 0 spiro atoms. The van der Waals surface area contributed by atoms with Gasteiger partial charge in [0.05, 0.1) is 6.54 Å². The minimum Gasteiger partial charge on any atom is -0.476 e. The third-order valence-electron chi connectivity index (χ3n) is 2.89. The topological polar surface area (TPSA) is 98.7 Å². The summed E-state index contributed by atoms with van der Waals surface area (Å²) in [5.41, 5.74) is 0. The van der Waals surface area contributed by atoms with Gasteiger partial charge in [-0.15, -0.1) is 0 Å². The van der Waals surface area contributed by atoms with Crippen LogP contribution in [-0.4, -0.2) is 34.4 Å². The average molecular weight is 305 g/mol. The van der Waals surface area contributed by atoms with Crippen molar-refractivity contribution in [2.45, 2.75) is 13.5 Å². The molecule has 0 fully saturated rings. The van der Waals surface area contributed by atoms with E-state index < -0.39 is 10.7 Å². The number of likely N-dealkylation sites (N-methyl/N-ethyl adjacent to an activating group) is 1. The second-order valence-corrected chi connectivity index (χ2v) is 4.63. The molecule has 0 saturated carbocycles. The highest BCUT2D eigenvalue weighted by Gasteiger charge is 2.18. The third-order valence-corrected chi connectivity index (χ3v) is 2.89. The zero-order chi connectivity index (χ0) is 16.1. The molecule has 1 amide bonds. The molecule has 2 heterocycles. The Morgan fingerprint density at radius 3 is 2.86 bits per heavy atom. The maximum absolute atomic E-state index is 12.0. The smallest absolute Gasteiger partial charge is 0.406 e. The third kappa shape index (κ3) is 3.81. The van der Waals surface area contributed by atoms with E-state index in [1.807, 2.05) is 13.0 Å². The highest BCUT2D eigenvalue weighted by molar-refractivity contribution is 5.77. The number of amides is 1. The van der Waals surface area contributed by atoms with Gasteiger partial charge in [0, 0.05) is 7.05 Å². The first-order chi connectivity index (χ1) is 10.5. The number of carbonyl (C=O) groups excluding carboxylic acids is 1. The van der Waals surface area contributed by atoms with Gasteiger partial charge in [-0.05, 0) is 41.1 Å². The van der Waals surface area contributed by atoms with E-state index in [0.717, 1.165) is 5.76 Å². The van der Waals surface area contributed by atoms with E-state index in [1.165, 1.54) is 23.2 Å². The monoisotopic (exact) mass is 305 g/mol. The number of hydrogen-bond acceptors (Lipinski definition) is 6. The van der Waals surface area contributed by atoms with Gasteiger partial charge >= 0.3 is 5.82 Å². The number of carbonyl (C=O) groups is 1. The molecule has 0 unspecified atom stereocenters. The summed E-state index contributed by atoms with van der Waals surface area (Å²) in [6, 6.07) is 6.49. The number of rotatable bonds is 6. The molecule has 2 aromatic rings. The summed E-state index contributed by atoms with van der Waals surface area (Å²) in [5, 5.41) is 10.8. The summed E-state index contributed by atoms with van der Waals surface area (Å²) in [4.78, 5) is 27.1. The molecular formula is C14H15N3O5. The first-order valence-electron chi connectivity index (χ1n) is 6.49. The minimum atomic E-state index is -0.658. The van der Waals surface area contributed by atoms with Crippen LogP contribution in [0.25, 0.3) is 0 Å². The quantitative estimate of drug-likeness (QED) is 0.597. The molecule has 2 rings (SSSR count). The molecule has 8 heteroatoms. The SMILES string of the molecule is Cc1ccc(CN(C)C(=O)COc2cccnc2[N+](=O)[O-])o1. The van der Waals surface area contributed by atoms with Crippen LogP contribution < -0.4 is 4.74 Å². The van der Waals surface area contributed by atoms with Gasteiger partial charge in [0.1, 0.15) is 17.7 Å². The fourth-order valence-corrected chi connectivity index (χ4v) is 1.77. The molecule has 8 nitrogen and oxygen atoms in total. The molecule has 2 aromatic heterocycles. The van der Waals surface area contributed by atoms with Crippen molar-refractivity contribution in [3.8, 4) is 5.75 Å². The van der Waals surface area contributed by atoms with E-state index in [9.17, 15) is 14.9 Å². The van der Waals surface area contributed by atoms with Crippen LogP contribution in [0.5, 0.6) is 5.75 Å². The molecule has 0 atom stereocenters. The highest BCUT2D eigenvalue weighted by atomic mass is 16.6. The Balaban J connectivity index is 1.93. The van der Waals surface area contributed by atoms with Gasteiger partial charge in [-0.25, -0.2) is 0 Å². The number of nitro groups is 1. The van der Waals surface area contributed by atoms with E-state index in [0.29, 0.717) is 12.3 Å². The van der Waals surface area contributed by atoms with E-state index >= 15 is 0 Å². The molecule has 0 N–H and O–H groups in total. The van der Waals surface area contributed by atoms with Crippen molar-refractivity contribution in [2.75, 3.05) is 13.7 Å². The summed E-state index contributed by atoms with van der Waals surface area (Å²) in [6.45, 7) is 1.80. The second-order valence-electron chi connectivity index (χ2n) is 4.63. The lowest BCUT2D eigenvalue weighted by Crippen LogP contribution is -2.30. The predicted molar refractivity (Wildman–Crippen MR) is 76.3 cm³/mol. The number of aryl methyl sites for hydroxylation is 1. The number of ether oxygens (including phenoxy) is 1. The molecule has 116 valence electrons.